The molecule has 2 rings (SSSR count). The number of benzene rings is 1. The highest BCUT2D eigenvalue weighted by Crippen LogP contribution is 2.23. The van der Waals surface area contributed by atoms with Crippen molar-refractivity contribution in [3.63, 3.8) is 0 Å². The first-order valence-electron chi connectivity index (χ1n) is 6.02. The SMILES string of the molecule is CN(CC(=O)Nc1cccc(I)c1)C(=O)c1ccc(Br)s1. The molecule has 1 aromatic carbocycles. The summed E-state index contributed by atoms with van der Waals surface area (Å²) >= 11 is 6.85. The van der Waals surface area contributed by atoms with Crippen LogP contribution in [0, 0.1) is 3.57 Å². The maximum Gasteiger partial charge on any atom is 0.264 e. The van der Waals surface area contributed by atoms with Crippen LogP contribution in [-0.4, -0.2) is 30.3 Å². The zero-order valence-electron chi connectivity index (χ0n) is 11.1. The topological polar surface area (TPSA) is 49.4 Å². The van der Waals surface area contributed by atoms with Crippen LogP contribution in [0.1, 0.15) is 9.67 Å². The normalized spacial score (nSPS) is 10.2. The Hall–Kier alpha value is -0.930. The lowest BCUT2D eigenvalue weighted by Gasteiger charge is -2.16. The highest BCUT2D eigenvalue weighted by atomic mass is 127. The fourth-order valence-electron chi connectivity index (χ4n) is 1.67. The summed E-state index contributed by atoms with van der Waals surface area (Å²) in [5, 5.41) is 2.78. The lowest BCUT2D eigenvalue weighted by atomic mass is 10.3. The lowest BCUT2D eigenvalue weighted by molar-refractivity contribution is -0.116. The zero-order valence-corrected chi connectivity index (χ0v) is 15.7. The van der Waals surface area contributed by atoms with E-state index < -0.39 is 0 Å². The monoisotopic (exact) mass is 478 g/mol. The molecule has 2 aromatic rings. The molecule has 0 bridgehead atoms. The molecular weight excluding hydrogens is 467 g/mol. The molecule has 1 heterocycles. The van der Waals surface area contributed by atoms with E-state index in [1.807, 2.05) is 30.3 Å². The third kappa shape index (κ3) is 4.79. The van der Waals surface area contributed by atoms with Crippen molar-refractivity contribution in [3.05, 3.63) is 48.6 Å². The predicted octanol–water partition coefficient (Wildman–Crippen LogP) is 3.83. The number of amides is 2. The first-order chi connectivity index (χ1) is 9.95. The van der Waals surface area contributed by atoms with E-state index in [0.717, 1.165) is 13.0 Å². The van der Waals surface area contributed by atoms with Crippen molar-refractivity contribution in [1.82, 2.24) is 4.90 Å². The van der Waals surface area contributed by atoms with Crippen LogP contribution < -0.4 is 5.32 Å². The largest absolute Gasteiger partial charge is 0.332 e. The standard InChI is InChI=1S/C14H12BrIN2O2S/c1-18(14(20)11-5-6-12(15)21-11)8-13(19)17-10-4-2-3-9(16)7-10/h2-7H,8H2,1H3,(H,17,19). The molecule has 0 aliphatic rings. The Balaban J connectivity index is 1.94. The van der Waals surface area contributed by atoms with E-state index in [2.05, 4.69) is 43.8 Å². The number of likely N-dealkylation sites (N-methyl/N-ethyl adjacent to an activating group) is 1. The third-order valence-electron chi connectivity index (χ3n) is 2.62. The van der Waals surface area contributed by atoms with Crippen LogP contribution in [0.2, 0.25) is 0 Å². The van der Waals surface area contributed by atoms with Gasteiger partial charge in [0.05, 0.1) is 15.2 Å². The molecule has 21 heavy (non-hydrogen) atoms. The lowest BCUT2D eigenvalue weighted by Crippen LogP contribution is -2.34. The highest BCUT2D eigenvalue weighted by molar-refractivity contribution is 14.1. The molecular formula is C14H12BrIN2O2S. The summed E-state index contributed by atoms with van der Waals surface area (Å²) in [5.41, 5.74) is 0.728. The maximum absolute atomic E-state index is 12.1. The summed E-state index contributed by atoms with van der Waals surface area (Å²) in [7, 11) is 1.62. The molecule has 7 heteroatoms. The zero-order chi connectivity index (χ0) is 15.4. The smallest absolute Gasteiger partial charge is 0.264 e. The molecule has 0 unspecified atom stereocenters. The van der Waals surface area contributed by atoms with Gasteiger partial charge in [-0.05, 0) is 68.9 Å². The van der Waals surface area contributed by atoms with Crippen molar-refractivity contribution in [2.45, 2.75) is 0 Å². The minimum Gasteiger partial charge on any atom is -0.332 e. The van der Waals surface area contributed by atoms with Crippen LogP contribution in [0.25, 0.3) is 0 Å². The molecule has 1 aromatic heterocycles. The molecule has 0 fully saturated rings. The molecule has 4 nitrogen and oxygen atoms in total. The van der Waals surface area contributed by atoms with Gasteiger partial charge in [0, 0.05) is 16.3 Å². The Labute approximate surface area is 148 Å². The van der Waals surface area contributed by atoms with Crippen molar-refractivity contribution >= 4 is 67.4 Å². The molecule has 0 spiro atoms. The van der Waals surface area contributed by atoms with Crippen LogP contribution in [0.3, 0.4) is 0 Å². The first kappa shape index (κ1) is 16.4. The van der Waals surface area contributed by atoms with Gasteiger partial charge in [-0.1, -0.05) is 6.07 Å². The van der Waals surface area contributed by atoms with Crippen LogP contribution in [0.4, 0.5) is 5.69 Å². The van der Waals surface area contributed by atoms with Gasteiger partial charge in [0.15, 0.2) is 0 Å². The van der Waals surface area contributed by atoms with Gasteiger partial charge < -0.3 is 10.2 Å². The van der Waals surface area contributed by atoms with Gasteiger partial charge in [0.25, 0.3) is 5.91 Å². The summed E-state index contributed by atoms with van der Waals surface area (Å²) in [4.78, 5) is 26.1. The Morgan fingerprint density at radius 3 is 2.71 bits per heavy atom. The number of halogens is 2. The number of rotatable bonds is 4. The van der Waals surface area contributed by atoms with Gasteiger partial charge in [-0.2, -0.15) is 0 Å². The third-order valence-corrected chi connectivity index (χ3v) is 4.90. The number of thiophene rings is 1. The summed E-state index contributed by atoms with van der Waals surface area (Å²) in [6, 6.07) is 11.1. The molecule has 0 saturated heterocycles. The first-order valence-corrected chi connectivity index (χ1v) is 8.71. The number of nitrogens with one attached hydrogen (secondary N) is 1. The van der Waals surface area contributed by atoms with Gasteiger partial charge in [0.2, 0.25) is 5.91 Å². The van der Waals surface area contributed by atoms with E-state index in [4.69, 9.17) is 0 Å². The second kappa shape index (κ2) is 7.37. The van der Waals surface area contributed by atoms with Crippen LogP contribution in [-0.2, 0) is 4.79 Å². The summed E-state index contributed by atoms with van der Waals surface area (Å²) in [6.45, 7) is 0.0137. The van der Waals surface area contributed by atoms with Crippen LogP contribution in [0.5, 0.6) is 0 Å². The Kier molecular flexibility index (Phi) is 5.77. The number of nitrogens with zero attached hydrogens (tertiary/aromatic N) is 1. The molecule has 2 amide bonds. The van der Waals surface area contributed by atoms with Gasteiger partial charge in [-0.25, -0.2) is 0 Å². The summed E-state index contributed by atoms with van der Waals surface area (Å²) < 4.78 is 1.93. The molecule has 0 radical (unpaired) electrons. The van der Waals surface area contributed by atoms with E-state index in [1.165, 1.54) is 16.2 Å². The second-order valence-corrected chi connectivity index (χ2v) is 8.03. The van der Waals surface area contributed by atoms with Crippen molar-refractivity contribution in [2.75, 3.05) is 18.9 Å². The maximum atomic E-state index is 12.1. The van der Waals surface area contributed by atoms with Crippen molar-refractivity contribution in [3.8, 4) is 0 Å². The Bertz CT molecular complexity index is 674. The predicted molar refractivity (Wildman–Crippen MR) is 96.8 cm³/mol. The van der Waals surface area contributed by atoms with Crippen LogP contribution >= 0.6 is 49.9 Å². The van der Waals surface area contributed by atoms with E-state index in [9.17, 15) is 9.59 Å². The summed E-state index contributed by atoms with van der Waals surface area (Å²) in [6.07, 6.45) is 0. The van der Waals surface area contributed by atoms with E-state index in [0.29, 0.717) is 4.88 Å². The van der Waals surface area contributed by atoms with Crippen LogP contribution in [0.15, 0.2) is 40.2 Å². The highest BCUT2D eigenvalue weighted by Gasteiger charge is 2.16. The minimum absolute atomic E-state index is 0.0137. The van der Waals surface area contributed by atoms with E-state index >= 15 is 0 Å². The molecule has 0 saturated carbocycles. The van der Waals surface area contributed by atoms with Crippen molar-refractivity contribution in [2.24, 2.45) is 0 Å². The fraction of sp³-hybridized carbons (Fsp3) is 0.143. The Morgan fingerprint density at radius 1 is 1.33 bits per heavy atom. The van der Waals surface area contributed by atoms with Gasteiger partial charge in [-0.15, -0.1) is 11.3 Å². The number of carbonyl (C=O) groups is 2. The molecule has 110 valence electrons. The number of carbonyl (C=O) groups excluding carboxylic acids is 2. The molecule has 1 N–H and O–H groups in total. The fourth-order valence-corrected chi connectivity index (χ4v) is 3.60. The summed E-state index contributed by atoms with van der Waals surface area (Å²) in [5.74, 6) is -0.382. The van der Waals surface area contributed by atoms with Crippen molar-refractivity contribution < 1.29 is 9.59 Å². The number of hydrogen-bond donors (Lipinski definition) is 1. The average Bonchev–Trinajstić information content (AvgIpc) is 2.84. The number of anilines is 1. The van der Waals surface area contributed by atoms with E-state index in [1.54, 1.807) is 13.1 Å². The molecule has 0 atom stereocenters. The quantitative estimate of drug-likeness (QED) is 0.679. The van der Waals surface area contributed by atoms with Crippen molar-refractivity contribution in [1.29, 1.82) is 0 Å². The van der Waals surface area contributed by atoms with Gasteiger partial charge in [-0.3, -0.25) is 9.59 Å². The number of hydrogen-bond acceptors (Lipinski definition) is 3. The Morgan fingerprint density at radius 2 is 2.10 bits per heavy atom. The van der Waals surface area contributed by atoms with E-state index in [-0.39, 0.29) is 18.4 Å². The minimum atomic E-state index is -0.219. The average molecular weight is 479 g/mol. The molecule has 0 aliphatic carbocycles. The molecule has 0 aliphatic heterocycles. The van der Waals surface area contributed by atoms with Gasteiger partial charge in [0.1, 0.15) is 0 Å². The second-order valence-electron chi connectivity index (χ2n) is 4.32. The van der Waals surface area contributed by atoms with Gasteiger partial charge >= 0.3 is 0 Å².